The van der Waals surface area contributed by atoms with E-state index in [1.807, 2.05) is 140 Å². The predicted molar refractivity (Wildman–Crippen MR) is 240 cm³/mol. The number of carboxylic acid groups (broad SMARTS) is 1. The number of amides is 5. The van der Waals surface area contributed by atoms with Crippen LogP contribution >= 0.6 is 0 Å². The molecule has 3 unspecified atom stereocenters. The summed E-state index contributed by atoms with van der Waals surface area (Å²) in [5.41, 5.74) is 4.14. The van der Waals surface area contributed by atoms with Gasteiger partial charge in [0.15, 0.2) is 0 Å². The number of carbonyl (C=O) groups is 6. The van der Waals surface area contributed by atoms with Crippen LogP contribution in [0.3, 0.4) is 0 Å². The van der Waals surface area contributed by atoms with E-state index in [-0.39, 0.29) is 55.8 Å². The van der Waals surface area contributed by atoms with Gasteiger partial charge < -0.3 is 34.6 Å². The normalized spacial score (nSPS) is 16.8. The van der Waals surface area contributed by atoms with Crippen LogP contribution in [0, 0.1) is 0 Å². The number of fused-ring (bicyclic) bond motifs is 1. The largest absolute Gasteiger partial charge is 0.483 e. The van der Waals surface area contributed by atoms with Crippen LogP contribution in [0.15, 0.2) is 121 Å². The molecule has 64 heavy (non-hydrogen) atoms. The molecule has 2 fully saturated rings. The third kappa shape index (κ3) is 14.7. The molecule has 0 spiro atoms. The lowest BCUT2D eigenvalue weighted by atomic mass is 10.1. The van der Waals surface area contributed by atoms with Gasteiger partial charge in [-0.15, -0.1) is 0 Å². The zero-order valence-electron chi connectivity index (χ0n) is 37.5. The first kappa shape index (κ1) is 50.0. The van der Waals surface area contributed by atoms with Crippen LogP contribution in [0.4, 0.5) is 4.79 Å². The summed E-state index contributed by atoms with van der Waals surface area (Å²) in [4.78, 5) is 79.6. The molecule has 4 aromatic rings. The monoisotopic (exact) mass is 879 g/mol. The van der Waals surface area contributed by atoms with Crippen molar-refractivity contribution in [1.82, 2.24) is 34.9 Å². The van der Waals surface area contributed by atoms with Gasteiger partial charge in [0.2, 0.25) is 23.6 Å². The highest BCUT2D eigenvalue weighted by molar-refractivity contribution is 5.91. The number of nitrogens with zero attached hydrogens (tertiary/aromatic N) is 6. The first-order chi connectivity index (χ1) is 30.8. The van der Waals surface area contributed by atoms with E-state index in [4.69, 9.17) is 19.4 Å². The van der Waals surface area contributed by atoms with Gasteiger partial charge in [0.1, 0.15) is 18.2 Å². The second-order valence-electron chi connectivity index (χ2n) is 15.6. The molecule has 342 valence electrons. The molecule has 6 rings (SSSR count). The van der Waals surface area contributed by atoms with E-state index in [2.05, 4.69) is 5.32 Å². The van der Waals surface area contributed by atoms with Gasteiger partial charge in [-0.2, -0.15) is 5.01 Å². The molecule has 4 atom stereocenters. The molecule has 5 amide bonds. The Labute approximate surface area is 375 Å². The molecular weight excluding hydrogens is 819 g/mol. The van der Waals surface area contributed by atoms with Crippen LogP contribution in [0.1, 0.15) is 43.0 Å². The summed E-state index contributed by atoms with van der Waals surface area (Å²) in [6.07, 6.45) is -1.29. The van der Waals surface area contributed by atoms with E-state index >= 15 is 0 Å². The Balaban J connectivity index is 0.000000265. The van der Waals surface area contributed by atoms with Gasteiger partial charge in [-0.1, -0.05) is 121 Å². The molecule has 2 N–H and O–H groups in total. The predicted octanol–water partition coefficient (Wildman–Crippen LogP) is 4.46. The van der Waals surface area contributed by atoms with Crippen LogP contribution in [0.5, 0.6) is 0 Å². The number of rotatable bonds is 15. The zero-order chi connectivity index (χ0) is 46.6. The van der Waals surface area contributed by atoms with Crippen molar-refractivity contribution in [2.75, 3.05) is 47.4 Å². The second kappa shape index (κ2) is 25.5. The van der Waals surface area contributed by atoms with E-state index in [1.54, 1.807) is 35.8 Å². The van der Waals surface area contributed by atoms with E-state index < -0.39 is 24.3 Å². The molecule has 16 nitrogen and oxygen atoms in total. The van der Waals surface area contributed by atoms with Gasteiger partial charge in [-0.3, -0.25) is 28.9 Å². The van der Waals surface area contributed by atoms with Crippen LogP contribution in [-0.4, -0.2) is 143 Å². The molecule has 0 aliphatic carbocycles. The quantitative estimate of drug-likeness (QED) is 0.162. The maximum absolute atomic E-state index is 13.1. The SMILES string of the molecule is COC(=O)N1C2CN(Cc3ccccc3)C(=O)[C@H](C)N2C(=O)CN1Cc1ccccc1.COC(C)CN(Cc1ccccc1)C(=O)C(C)NC(=O)CN(C)Cc1ccccc1.O=CO. The smallest absolute Gasteiger partial charge is 0.426 e. The summed E-state index contributed by atoms with van der Waals surface area (Å²) in [7, 11) is 4.84. The minimum Gasteiger partial charge on any atom is -0.483 e. The number of hydrogen-bond acceptors (Lipinski definition) is 10. The number of likely N-dealkylation sites (N-methyl/N-ethyl adjacent to an activating group) is 1. The number of carbonyl (C=O) groups excluding carboxylic acids is 5. The van der Waals surface area contributed by atoms with E-state index in [0.29, 0.717) is 32.7 Å². The molecule has 2 aliphatic rings. The maximum atomic E-state index is 13.1. The molecule has 0 saturated carbocycles. The van der Waals surface area contributed by atoms with E-state index in [0.717, 1.165) is 22.3 Å². The van der Waals surface area contributed by atoms with E-state index in [9.17, 15) is 24.0 Å². The first-order valence-corrected chi connectivity index (χ1v) is 21.0. The summed E-state index contributed by atoms with van der Waals surface area (Å²) >= 11 is 0. The number of benzene rings is 4. The Morgan fingerprint density at radius 2 is 1.28 bits per heavy atom. The number of nitrogens with one attached hydrogen (secondary N) is 1. The standard InChI is InChI=1S/C24H33N3O3.C23H26N4O4.CH2O2/c1-19(30-4)15-27(17-22-13-9-6-10-14-22)24(29)20(2)25-23(28)18-26(3)16-21-11-7-5-8-12-21;1-17-22(29)24(13-18-9-5-3-6-10-18)15-20-26(17)21(28)16-25(27(20)23(30)31-2)14-19-11-7-4-8-12-19;2-1-3/h5-14,19-20H,15-18H2,1-4H3,(H,25,28);3-12,17,20H,13-16H2,1-2H3;1H,(H,2,3)/t;17-,20?;/m.0./s1. The first-order valence-electron chi connectivity index (χ1n) is 21.0. The molecular formula is C48H61N7O9. The molecule has 2 heterocycles. The van der Waals surface area contributed by atoms with Crippen molar-refractivity contribution < 1.29 is 43.3 Å². The highest BCUT2D eigenvalue weighted by Crippen LogP contribution is 2.28. The fourth-order valence-corrected chi connectivity index (χ4v) is 7.54. The van der Waals surface area contributed by atoms with Crippen molar-refractivity contribution in [3.8, 4) is 0 Å². The average molecular weight is 880 g/mol. The molecule has 0 bridgehead atoms. The molecule has 16 heteroatoms. The minimum absolute atomic E-state index is 0.00318. The van der Waals surface area contributed by atoms with Crippen LogP contribution < -0.4 is 5.32 Å². The van der Waals surface area contributed by atoms with Gasteiger partial charge in [-0.05, 0) is 50.1 Å². The Morgan fingerprint density at radius 1 is 0.797 bits per heavy atom. The van der Waals surface area contributed by atoms with Gasteiger partial charge in [0, 0.05) is 39.8 Å². The topological polar surface area (TPSA) is 173 Å². The second-order valence-corrected chi connectivity index (χ2v) is 15.6. The highest BCUT2D eigenvalue weighted by Gasteiger charge is 2.50. The summed E-state index contributed by atoms with van der Waals surface area (Å²) in [5, 5.41) is 12.9. The number of hydrazine groups is 1. The molecule has 0 aromatic heterocycles. The fraction of sp³-hybridized carbons (Fsp3) is 0.375. The third-order valence-corrected chi connectivity index (χ3v) is 10.6. The van der Waals surface area contributed by atoms with Crippen molar-refractivity contribution in [2.24, 2.45) is 0 Å². The number of hydrogen-bond donors (Lipinski definition) is 2. The van der Waals surface area contributed by atoms with Crippen molar-refractivity contribution in [2.45, 2.75) is 71.3 Å². The number of ether oxygens (including phenoxy) is 2. The maximum Gasteiger partial charge on any atom is 0.426 e. The number of methoxy groups -OCH3 is 2. The van der Waals surface area contributed by atoms with Crippen molar-refractivity contribution in [3.63, 3.8) is 0 Å². The Kier molecular flexibility index (Phi) is 19.9. The van der Waals surface area contributed by atoms with Crippen LogP contribution in [0.2, 0.25) is 0 Å². The average Bonchev–Trinajstić information content (AvgIpc) is 3.29. The Morgan fingerprint density at radius 3 is 1.78 bits per heavy atom. The lowest BCUT2D eigenvalue weighted by Crippen LogP contribution is -2.74. The lowest BCUT2D eigenvalue weighted by molar-refractivity contribution is -0.194. The summed E-state index contributed by atoms with van der Waals surface area (Å²) in [6, 6.07) is 37.8. The molecule has 2 aliphatic heterocycles. The van der Waals surface area contributed by atoms with Crippen molar-refractivity contribution in [3.05, 3.63) is 144 Å². The molecule has 0 radical (unpaired) electrons. The van der Waals surface area contributed by atoms with Gasteiger partial charge in [0.25, 0.3) is 6.47 Å². The Bertz CT molecular complexity index is 2080. The summed E-state index contributed by atoms with van der Waals surface area (Å²) < 4.78 is 10.4. The van der Waals surface area contributed by atoms with Gasteiger partial charge in [-0.25, -0.2) is 9.80 Å². The lowest BCUT2D eigenvalue weighted by Gasteiger charge is -2.54. The fourth-order valence-electron chi connectivity index (χ4n) is 7.54. The van der Waals surface area contributed by atoms with Gasteiger partial charge >= 0.3 is 6.09 Å². The summed E-state index contributed by atoms with van der Waals surface area (Å²) in [5.74, 6) is -0.605. The van der Waals surface area contributed by atoms with Crippen molar-refractivity contribution >= 4 is 36.2 Å². The summed E-state index contributed by atoms with van der Waals surface area (Å²) in [6.45, 7) is 7.94. The zero-order valence-corrected chi connectivity index (χ0v) is 37.5. The molecule has 2 saturated heterocycles. The van der Waals surface area contributed by atoms with Crippen molar-refractivity contribution in [1.29, 1.82) is 0 Å². The Hall–Kier alpha value is -6.62. The third-order valence-electron chi connectivity index (χ3n) is 10.6. The minimum atomic E-state index is -0.666. The highest BCUT2D eigenvalue weighted by atomic mass is 16.5. The van der Waals surface area contributed by atoms with Crippen LogP contribution in [-0.2, 0) is 59.6 Å². The van der Waals surface area contributed by atoms with Gasteiger partial charge in [0.05, 0.1) is 32.8 Å². The molecule has 4 aromatic carbocycles. The number of piperazine rings is 1. The van der Waals surface area contributed by atoms with E-state index in [1.165, 1.54) is 17.0 Å². The van der Waals surface area contributed by atoms with Crippen LogP contribution in [0.25, 0.3) is 0 Å².